The molecule has 1 atom stereocenters. The summed E-state index contributed by atoms with van der Waals surface area (Å²) in [5.74, 6) is -1.80. The molecule has 11 heteroatoms. The van der Waals surface area contributed by atoms with Crippen LogP contribution in [0.15, 0.2) is 42.7 Å². The van der Waals surface area contributed by atoms with Gasteiger partial charge in [-0.1, -0.05) is 6.07 Å². The van der Waals surface area contributed by atoms with Crippen LogP contribution in [-0.2, 0) is 16.1 Å². The second-order valence-electron chi connectivity index (χ2n) is 8.53. The molecule has 0 saturated carbocycles. The first-order valence-corrected chi connectivity index (χ1v) is 10.9. The minimum absolute atomic E-state index is 0.0144. The molecule has 2 saturated heterocycles. The van der Waals surface area contributed by atoms with Gasteiger partial charge in [0.25, 0.3) is 17.7 Å². The molecule has 34 heavy (non-hydrogen) atoms. The first kappa shape index (κ1) is 20.4. The highest BCUT2D eigenvalue weighted by molar-refractivity contribution is 6.10. The van der Waals surface area contributed by atoms with Gasteiger partial charge in [-0.15, -0.1) is 0 Å². The van der Waals surface area contributed by atoms with Gasteiger partial charge in [-0.2, -0.15) is 5.06 Å². The maximum Gasteiger partial charge on any atom is 0.329 e. The molecule has 172 valence electrons. The Kier molecular flexibility index (Phi) is 4.42. The number of para-hydroxylation sites is 1. The second-order valence-corrected chi connectivity index (χ2v) is 8.53. The molecule has 2 aromatic carbocycles. The molecule has 5 amide bonds. The number of fused-ring (bicyclic) bond motifs is 2. The number of piperidine rings is 1. The number of hydrogen-bond acceptors (Lipinski definition) is 6. The zero-order chi connectivity index (χ0) is 23.6. The van der Waals surface area contributed by atoms with E-state index in [1.807, 2.05) is 18.2 Å². The molecule has 1 aromatic heterocycles. The first-order chi connectivity index (χ1) is 16.4. The van der Waals surface area contributed by atoms with Crippen LogP contribution >= 0.6 is 0 Å². The third-order valence-corrected chi connectivity index (χ3v) is 6.70. The van der Waals surface area contributed by atoms with E-state index in [4.69, 9.17) is 0 Å². The van der Waals surface area contributed by atoms with Crippen LogP contribution in [0, 0.1) is 0 Å². The predicted molar refractivity (Wildman–Crippen MR) is 119 cm³/mol. The number of H-pyrrole nitrogens is 1. The molecule has 2 N–H and O–H groups in total. The summed E-state index contributed by atoms with van der Waals surface area (Å²) in [7, 11) is 0. The number of aromatic amines is 1. The van der Waals surface area contributed by atoms with Crippen molar-refractivity contribution in [3.63, 3.8) is 0 Å². The highest BCUT2D eigenvalue weighted by Crippen LogP contribution is 2.34. The molecule has 3 aromatic rings. The van der Waals surface area contributed by atoms with Gasteiger partial charge in [0.2, 0.25) is 0 Å². The van der Waals surface area contributed by atoms with Crippen LogP contribution in [0.4, 0.5) is 16.2 Å². The van der Waals surface area contributed by atoms with Crippen molar-refractivity contribution >= 4 is 46.2 Å². The Labute approximate surface area is 193 Å². The highest BCUT2D eigenvalue weighted by atomic mass is 16.5. The van der Waals surface area contributed by atoms with Gasteiger partial charge in [-0.05, 0) is 42.3 Å². The Morgan fingerprint density at radius 2 is 1.85 bits per heavy atom. The number of nitrogens with one attached hydrogen (secondary N) is 1. The molecule has 3 aliphatic heterocycles. The summed E-state index contributed by atoms with van der Waals surface area (Å²) < 4.78 is 0. The van der Waals surface area contributed by atoms with Crippen molar-refractivity contribution < 1.29 is 24.4 Å². The van der Waals surface area contributed by atoms with Crippen molar-refractivity contribution in [3.8, 4) is 0 Å². The van der Waals surface area contributed by atoms with Crippen LogP contribution in [0.5, 0.6) is 0 Å². The lowest BCUT2D eigenvalue weighted by Gasteiger charge is -2.32. The van der Waals surface area contributed by atoms with Gasteiger partial charge in [0, 0.05) is 37.3 Å². The molecular weight excluding hydrogens is 440 g/mol. The molecule has 2 fully saturated rings. The molecule has 6 rings (SSSR count). The summed E-state index contributed by atoms with van der Waals surface area (Å²) in [6.45, 7) is 1.14. The van der Waals surface area contributed by atoms with E-state index >= 15 is 0 Å². The van der Waals surface area contributed by atoms with Gasteiger partial charge in [-0.3, -0.25) is 29.4 Å². The standard InChI is InChI=1S/C23H20N6O5/c30-19-7-6-18(22(32)29(19)34)28-11-13-10-14(4-5-15(13)21(28)31)26-8-9-27(23(26)33)17-3-1-2-16-20(17)25-12-24-16/h1-5,10,12,18,34H,6-9,11H2,(H,24,25). The Bertz CT molecular complexity index is 1380. The largest absolute Gasteiger partial charge is 0.343 e. The van der Waals surface area contributed by atoms with Gasteiger partial charge < -0.3 is 9.88 Å². The Hall–Kier alpha value is -4.25. The van der Waals surface area contributed by atoms with Crippen molar-refractivity contribution in [1.29, 1.82) is 0 Å². The Morgan fingerprint density at radius 3 is 2.71 bits per heavy atom. The number of hydroxylamine groups is 2. The molecule has 1 unspecified atom stereocenters. The van der Waals surface area contributed by atoms with Crippen LogP contribution in [0.3, 0.4) is 0 Å². The van der Waals surface area contributed by atoms with E-state index in [0.29, 0.717) is 29.9 Å². The van der Waals surface area contributed by atoms with E-state index in [1.54, 1.807) is 34.3 Å². The summed E-state index contributed by atoms with van der Waals surface area (Å²) in [4.78, 5) is 62.3. The predicted octanol–water partition coefficient (Wildman–Crippen LogP) is 1.87. The summed E-state index contributed by atoms with van der Waals surface area (Å²) in [6, 6.07) is 9.71. The SMILES string of the molecule is O=C1CCC(N2Cc3cc(N4CCN(c5cccc6nc[nH]c56)C4=O)ccc3C2=O)C(=O)N1O. The summed E-state index contributed by atoms with van der Waals surface area (Å²) in [5.41, 5.74) is 4.12. The average Bonchev–Trinajstić information content (AvgIpc) is 3.55. The van der Waals surface area contributed by atoms with E-state index < -0.39 is 17.9 Å². The van der Waals surface area contributed by atoms with Gasteiger partial charge in [0.1, 0.15) is 6.04 Å². The second kappa shape index (κ2) is 7.39. The summed E-state index contributed by atoms with van der Waals surface area (Å²) in [6.07, 6.45) is 1.75. The van der Waals surface area contributed by atoms with E-state index in [1.165, 1.54) is 4.90 Å². The number of imide groups is 1. The number of nitrogens with zero attached hydrogens (tertiary/aromatic N) is 5. The lowest BCUT2D eigenvalue weighted by molar-refractivity contribution is -0.187. The molecule has 11 nitrogen and oxygen atoms in total. The Balaban J connectivity index is 1.25. The number of benzene rings is 2. The van der Waals surface area contributed by atoms with Crippen molar-refractivity contribution in [1.82, 2.24) is 19.9 Å². The molecule has 3 aliphatic rings. The average molecular weight is 460 g/mol. The van der Waals surface area contributed by atoms with Crippen molar-refractivity contribution in [2.45, 2.75) is 25.4 Å². The molecule has 0 spiro atoms. The minimum Gasteiger partial charge on any atom is -0.343 e. The number of urea groups is 1. The van der Waals surface area contributed by atoms with Gasteiger partial charge >= 0.3 is 6.03 Å². The smallest absolute Gasteiger partial charge is 0.329 e. The highest BCUT2D eigenvalue weighted by Gasteiger charge is 2.43. The van der Waals surface area contributed by atoms with Crippen molar-refractivity contribution in [3.05, 3.63) is 53.9 Å². The first-order valence-electron chi connectivity index (χ1n) is 10.9. The summed E-state index contributed by atoms with van der Waals surface area (Å²) >= 11 is 0. The van der Waals surface area contributed by atoms with E-state index in [-0.39, 0.29) is 36.4 Å². The van der Waals surface area contributed by atoms with Crippen LogP contribution < -0.4 is 9.80 Å². The normalized spacial score (nSPS) is 20.8. The van der Waals surface area contributed by atoms with E-state index in [0.717, 1.165) is 16.7 Å². The quantitative estimate of drug-likeness (QED) is 0.453. The molecule has 0 aliphatic carbocycles. The lowest BCUT2D eigenvalue weighted by atomic mass is 10.0. The Morgan fingerprint density at radius 1 is 1.03 bits per heavy atom. The third-order valence-electron chi connectivity index (χ3n) is 6.70. The number of carbonyl (C=O) groups excluding carboxylic acids is 4. The minimum atomic E-state index is -0.898. The number of carbonyl (C=O) groups is 4. The molecular formula is C23H20N6O5. The maximum absolute atomic E-state index is 13.3. The molecule has 0 bridgehead atoms. The number of anilines is 2. The molecule has 0 radical (unpaired) electrons. The number of rotatable bonds is 3. The topological polar surface area (TPSA) is 130 Å². The number of aromatic nitrogens is 2. The van der Waals surface area contributed by atoms with Crippen LogP contribution in [0.1, 0.15) is 28.8 Å². The number of hydrogen-bond donors (Lipinski definition) is 2. The fourth-order valence-electron chi connectivity index (χ4n) is 4.97. The van der Waals surface area contributed by atoms with Gasteiger partial charge in [-0.25, -0.2) is 9.78 Å². The van der Waals surface area contributed by atoms with E-state index in [9.17, 15) is 24.4 Å². The zero-order valence-corrected chi connectivity index (χ0v) is 18.0. The number of imidazole rings is 1. The van der Waals surface area contributed by atoms with Gasteiger partial charge in [0.15, 0.2) is 0 Å². The van der Waals surface area contributed by atoms with Crippen molar-refractivity contribution in [2.24, 2.45) is 0 Å². The van der Waals surface area contributed by atoms with Crippen LogP contribution in [0.25, 0.3) is 11.0 Å². The van der Waals surface area contributed by atoms with E-state index in [2.05, 4.69) is 9.97 Å². The zero-order valence-electron chi connectivity index (χ0n) is 18.0. The fraction of sp³-hybridized carbons (Fsp3) is 0.261. The van der Waals surface area contributed by atoms with Crippen LogP contribution in [0.2, 0.25) is 0 Å². The summed E-state index contributed by atoms with van der Waals surface area (Å²) in [5, 5.41) is 9.81. The maximum atomic E-state index is 13.3. The van der Waals surface area contributed by atoms with Gasteiger partial charge in [0.05, 0.1) is 23.0 Å². The molecule has 4 heterocycles. The lowest BCUT2D eigenvalue weighted by Crippen LogP contribution is -2.53. The van der Waals surface area contributed by atoms with Crippen LogP contribution in [-0.4, -0.2) is 68.0 Å². The third kappa shape index (κ3) is 2.90. The van der Waals surface area contributed by atoms with Crippen molar-refractivity contribution in [2.75, 3.05) is 22.9 Å². The fourth-order valence-corrected chi connectivity index (χ4v) is 4.97. The number of amides is 5. The monoisotopic (exact) mass is 460 g/mol.